The minimum atomic E-state index is -0.243. The molecule has 0 saturated heterocycles. The zero-order chi connectivity index (χ0) is 21.9. The molecule has 3 aromatic rings. The topological polar surface area (TPSA) is 0 Å². The van der Waals surface area contributed by atoms with Crippen molar-refractivity contribution >= 4 is 0 Å². The van der Waals surface area contributed by atoms with Gasteiger partial charge in [-0.3, -0.25) is 0 Å². The Kier molecular flexibility index (Phi) is 8.51. The molecule has 1 heteroatoms. The third kappa shape index (κ3) is 6.87. The fourth-order valence-electron chi connectivity index (χ4n) is 3.34. The zero-order valence-corrected chi connectivity index (χ0v) is 18.5. The van der Waals surface area contributed by atoms with Crippen molar-refractivity contribution in [2.24, 2.45) is 0 Å². The van der Waals surface area contributed by atoms with Gasteiger partial charge in [0.15, 0.2) is 0 Å². The van der Waals surface area contributed by atoms with E-state index in [4.69, 9.17) is 0 Å². The molecule has 0 aromatic heterocycles. The van der Waals surface area contributed by atoms with E-state index in [0.29, 0.717) is 11.1 Å². The average Bonchev–Trinajstić information content (AvgIpc) is 2.79. The molecule has 31 heavy (non-hydrogen) atoms. The fourth-order valence-corrected chi connectivity index (χ4v) is 3.34. The Labute approximate surface area is 186 Å². The van der Waals surface area contributed by atoms with Crippen molar-refractivity contribution in [2.75, 3.05) is 0 Å². The lowest BCUT2D eigenvalue weighted by molar-refractivity contribution is 0.631. The summed E-state index contributed by atoms with van der Waals surface area (Å²) < 4.78 is 14.7. The third-order valence-electron chi connectivity index (χ3n) is 5.15. The molecule has 0 spiro atoms. The highest BCUT2D eigenvalue weighted by Crippen LogP contribution is 2.24. The summed E-state index contributed by atoms with van der Waals surface area (Å²) in [6.07, 6.45) is 6.24. The first-order valence-corrected chi connectivity index (χ1v) is 11.1. The molecular formula is C30H29F. The van der Waals surface area contributed by atoms with E-state index in [-0.39, 0.29) is 5.82 Å². The monoisotopic (exact) mass is 408 g/mol. The second-order valence-corrected chi connectivity index (χ2v) is 7.72. The molecule has 0 N–H and O–H groups in total. The number of rotatable bonds is 6. The maximum absolute atomic E-state index is 14.7. The summed E-state index contributed by atoms with van der Waals surface area (Å²) in [7, 11) is 0. The van der Waals surface area contributed by atoms with Crippen molar-refractivity contribution in [2.45, 2.75) is 52.4 Å². The molecule has 0 aliphatic rings. The molecule has 0 unspecified atom stereocenters. The highest BCUT2D eigenvalue weighted by Gasteiger charge is 2.06. The second kappa shape index (κ2) is 11.8. The van der Waals surface area contributed by atoms with Gasteiger partial charge < -0.3 is 0 Å². The van der Waals surface area contributed by atoms with E-state index < -0.39 is 0 Å². The Bertz CT molecular complexity index is 1100. The first kappa shape index (κ1) is 22.4. The smallest absolute Gasteiger partial charge is 0.132 e. The van der Waals surface area contributed by atoms with E-state index in [1.165, 1.54) is 23.6 Å². The summed E-state index contributed by atoms with van der Waals surface area (Å²) in [4.78, 5) is 0. The first-order valence-electron chi connectivity index (χ1n) is 11.1. The molecule has 0 atom stereocenters. The normalized spacial score (nSPS) is 10.0. The van der Waals surface area contributed by atoms with Gasteiger partial charge in [0, 0.05) is 29.5 Å². The largest absolute Gasteiger partial charge is 0.206 e. The maximum atomic E-state index is 14.7. The number of hydrogen-bond acceptors (Lipinski definition) is 0. The first-order chi connectivity index (χ1) is 15.2. The predicted molar refractivity (Wildman–Crippen MR) is 129 cm³/mol. The van der Waals surface area contributed by atoms with Crippen LogP contribution < -0.4 is 0 Å². The van der Waals surface area contributed by atoms with Crippen molar-refractivity contribution in [3.05, 3.63) is 94.8 Å². The summed E-state index contributed by atoms with van der Waals surface area (Å²) in [6, 6.07) is 21.5. The minimum Gasteiger partial charge on any atom is -0.206 e. The Morgan fingerprint density at radius 1 is 0.710 bits per heavy atom. The van der Waals surface area contributed by atoms with Crippen molar-refractivity contribution in [3.63, 3.8) is 0 Å². The van der Waals surface area contributed by atoms with Crippen LogP contribution in [0.4, 0.5) is 4.39 Å². The molecule has 0 amide bonds. The van der Waals surface area contributed by atoms with Crippen LogP contribution in [-0.4, -0.2) is 0 Å². The molecule has 0 fully saturated rings. The predicted octanol–water partition coefficient (Wildman–Crippen LogP) is 7.58. The third-order valence-corrected chi connectivity index (χ3v) is 5.15. The summed E-state index contributed by atoms with van der Waals surface area (Å²) in [5, 5.41) is 0. The van der Waals surface area contributed by atoms with Crippen LogP contribution in [0.25, 0.3) is 11.1 Å². The van der Waals surface area contributed by atoms with Gasteiger partial charge in [-0.2, -0.15) is 0 Å². The van der Waals surface area contributed by atoms with E-state index >= 15 is 0 Å². The SMILES string of the molecule is CCCCC#CCc1ccc(C#Cc2ccc(-c3ccc(CCC)cc3)c(F)c2)cc1. The van der Waals surface area contributed by atoms with Gasteiger partial charge in [0.1, 0.15) is 5.82 Å². The van der Waals surface area contributed by atoms with Crippen LogP contribution in [0.15, 0.2) is 66.7 Å². The molecular weight excluding hydrogens is 379 g/mol. The molecule has 0 bridgehead atoms. The molecule has 156 valence electrons. The number of halogens is 1. The number of unbranched alkanes of at least 4 members (excludes halogenated alkanes) is 2. The Hall–Kier alpha value is -3.29. The molecule has 0 aliphatic carbocycles. The molecule has 0 nitrogen and oxygen atoms in total. The van der Waals surface area contributed by atoms with Crippen LogP contribution in [0.3, 0.4) is 0 Å². The molecule has 0 radical (unpaired) electrons. The van der Waals surface area contributed by atoms with Crippen LogP contribution in [0.5, 0.6) is 0 Å². The molecule has 0 aliphatic heterocycles. The van der Waals surface area contributed by atoms with Crippen LogP contribution in [0.2, 0.25) is 0 Å². The van der Waals surface area contributed by atoms with Crippen molar-refractivity contribution < 1.29 is 4.39 Å². The lowest BCUT2D eigenvalue weighted by Gasteiger charge is -2.06. The van der Waals surface area contributed by atoms with E-state index in [2.05, 4.69) is 61.8 Å². The van der Waals surface area contributed by atoms with Crippen LogP contribution >= 0.6 is 0 Å². The molecule has 0 heterocycles. The lowest BCUT2D eigenvalue weighted by atomic mass is 10.0. The van der Waals surface area contributed by atoms with Gasteiger partial charge in [0.25, 0.3) is 0 Å². The Morgan fingerprint density at radius 2 is 1.39 bits per heavy atom. The summed E-state index contributed by atoms with van der Waals surface area (Å²) in [5.41, 5.74) is 5.57. The second-order valence-electron chi connectivity index (χ2n) is 7.72. The molecule has 0 saturated carbocycles. The van der Waals surface area contributed by atoms with E-state index in [1.54, 1.807) is 0 Å². The van der Waals surface area contributed by atoms with Crippen molar-refractivity contribution in [1.82, 2.24) is 0 Å². The van der Waals surface area contributed by atoms with Gasteiger partial charge in [-0.15, -0.1) is 5.92 Å². The van der Waals surface area contributed by atoms with Gasteiger partial charge in [-0.25, -0.2) is 4.39 Å². The van der Waals surface area contributed by atoms with Gasteiger partial charge in [0.05, 0.1) is 0 Å². The van der Waals surface area contributed by atoms with Crippen LogP contribution in [0.1, 0.15) is 61.8 Å². The summed E-state index contributed by atoms with van der Waals surface area (Å²) in [5.74, 6) is 12.4. The zero-order valence-electron chi connectivity index (χ0n) is 18.5. The summed E-state index contributed by atoms with van der Waals surface area (Å²) >= 11 is 0. The average molecular weight is 409 g/mol. The van der Waals surface area contributed by atoms with Crippen molar-refractivity contribution in [1.29, 1.82) is 0 Å². The molecule has 3 aromatic carbocycles. The van der Waals surface area contributed by atoms with Gasteiger partial charge >= 0.3 is 0 Å². The highest BCUT2D eigenvalue weighted by molar-refractivity contribution is 5.65. The highest BCUT2D eigenvalue weighted by atomic mass is 19.1. The van der Waals surface area contributed by atoms with Crippen molar-refractivity contribution in [3.8, 4) is 34.8 Å². The van der Waals surface area contributed by atoms with E-state index in [9.17, 15) is 4.39 Å². The minimum absolute atomic E-state index is 0.243. The molecule has 3 rings (SSSR count). The van der Waals surface area contributed by atoms with E-state index in [1.807, 2.05) is 36.4 Å². The maximum Gasteiger partial charge on any atom is 0.132 e. The van der Waals surface area contributed by atoms with Gasteiger partial charge in [-0.05, 0) is 53.8 Å². The van der Waals surface area contributed by atoms with Gasteiger partial charge in [-0.1, -0.05) is 86.9 Å². The lowest BCUT2D eigenvalue weighted by Crippen LogP contribution is -1.88. The van der Waals surface area contributed by atoms with Gasteiger partial charge in [0.2, 0.25) is 0 Å². The number of benzene rings is 3. The Balaban J connectivity index is 1.65. The number of hydrogen-bond donors (Lipinski definition) is 0. The quantitative estimate of drug-likeness (QED) is 0.291. The van der Waals surface area contributed by atoms with E-state index in [0.717, 1.165) is 43.2 Å². The standard InChI is InChI=1S/C30H29F/c1-3-5-6-7-8-10-25-11-13-26(14-12-25)15-16-27-19-22-29(30(31)23-27)28-20-17-24(9-4-2)18-21-28/h11-14,17-23H,3-6,9-10H2,1-2H3. The van der Waals surface area contributed by atoms with Crippen LogP contribution in [0, 0.1) is 29.5 Å². The summed E-state index contributed by atoms with van der Waals surface area (Å²) in [6.45, 7) is 4.34. The number of aryl methyl sites for hydroxylation is 1. The van der Waals surface area contributed by atoms with Crippen LogP contribution in [-0.2, 0) is 12.8 Å². The Morgan fingerprint density at radius 3 is 2.06 bits per heavy atom. The fraction of sp³-hybridized carbons (Fsp3) is 0.267.